The number of allylic oxidation sites excluding steroid dienone is 1. The van der Waals surface area contributed by atoms with Gasteiger partial charge in [0, 0.05) is 6.42 Å². The van der Waals surface area contributed by atoms with Crippen LogP contribution in [-0.2, 0) is 4.79 Å². The van der Waals surface area contributed by atoms with Crippen LogP contribution in [0.2, 0.25) is 0 Å². The van der Waals surface area contributed by atoms with E-state index in [0.717, 1.165) is 11.3 Å². The van der Waals surface area contributed by atoms with Crippen molar-refractivity contribution in [2.24, 2.45) is 0 Å². The molecule has 52 valence electrons. The Bertz CT molecular complexity index is 118. The lowest BCUT2D eigenvalue weighted by molar-refractivity contribution is -0.110. The highest BCUT2D eigenvalue weighted by atomic mass is 32.2. The molecule has 0 heterocycles. The zero-order valence-electron chi connectivity index (χ0n) is 5.94. The van der Waals surface area contributed by atoms with E-state index in [9.17, 15) is 4.79 Å². The van der Waals surface area contributed by atoms with Gasteiger partial charge in [0.2, 0.25) is 0 Å². The summed E-state index contributed by atoms with van der Waals surface area (Å²) in [5.74, 6) is 0. The highest BCUT2D eigenvalue weighted by Gasteiger charge is 1.98. The summed E-state index contributed by atoms with van der Waals surface area (Å²) in [4.78, 5) is 11.6. The fourth-order valence-electron chi connectivity index (χ4n) is 0.449. The molecule has 0 atom stereocenters. The van der Waals surface area contributed by atoms with Gasteiger partial charge in [-0.05, 0) is 18.2 Å². The van der Waals surface area contributed by atoms with Gasteiger partial charge in [-0.2, -0.15) is 0 Å². The number of thioether (sulfide) groups is 1. The first kappa shape index (κ1) is 8.76. The maximum Gasteiger partial charge on any atom is 0.193 e. The lowest BCUT2D eigenvalue weighted by Gasteiger charge is -1.94. The van der Waals surface area contributed by atoms with Gasteiger partial charge in [-0.1, -0.05) is 25.3 Å². The maximum atomic E-state index is 10.8. The minimum atomic E-state index is 0.227. The van der Waals surface area contributed by atoms with E-state index in [1.807, 2.05) is 13.8 Å². The fraction of sp³-hybridized carbons (Fsp3) is 0.571. The second-order valence-electron chi connectivity index (χ2n) is 1.93. The van der Waals surface area contributed by atoms with Crippen molar-refractivity contribution in [2.45, 2.75) is 26.7 Å². The standard InChI is InChI=1S/C7H12OS/c1-4-5-7(8)9-6(2)3/h2,4-5H2,1,3H3. The van der Waals surface area contributed by atoms with E-state index in [-0.39, 0.29) is 5.12 Å². The number of carbonyl (C=O) groups excluding carboxylic acids is 1. The van der Waals surface area contributed by atoms with Crippen LogP contribution in [0.15, 0.2) is 11.5 Å². The Balaban J connectivity index is 3.39. The SMILES string of the molecule is C=C(C)SC(=O)CCC. The molecule has 0 saturated carbocycles. The van der Waals surface area contributed by atoms with Crippen LogP contribution in [-0.4, -0.2) is 5.12 Å². The van der Waals surface area contributed by atoms with Crippen LogP contribution in [0.5, 0.6) is 0 Å². The van der Waals surface area contributed by atoms with Crippen molar-refractivity contribution in [3.05, 3.63) is 11.5 Å². The van der Waals surface area contributed by atoms with Gasteiger partial charge in [0.05, 0.1) is 0 Å². The summed E-state index contributed by atoms with van der Waals surface area (Å²) >= 11 is 1.25. The Hall–Kier alpha value is -0.240. The van der Waals surface area contributed by atoms with E-state index in [1.165, 1.54) is 11.8 Å². The Morgan fingerprint density at radius 3 is 2.56 bits per heavy atom. The molecule has 0 unspecified atom stereocenters. The number of carbonyl (C=O) groups is 1. The molecule has 0 amide bonds. The molecule has 0 saturated heterocycles. The van der Waals surface area contributed by atoms with Gasteiger partial charge in [-0.3, -0.25) is 4.79 Å². The summed E-state index contributed by atoms with van der Waals surface area (Å²) in [7, 11) is 0. The summed E-state index contributed by atoms with van der Waals surface area (Å²) in [6.45, 7) is 7.46. The molecule has 0 aliphatic carbocycles. The predicted octanol–water partition coefficient (Wildman–Crippen LogP) is 2.58. The number of hydrogen-bond donors (Lipinski definition) is 0. The second-order valence-corrected chi connectivity index (χ2v) is 3.28. The van der Waals surface area contributed by atoms with Crippen LogP contribution >= 0.6 is 11.8 Å². The van der Waals surface area contributed by atoms with Crippen molar-refractivity contribution in [3.8, 4) is 0 Å². The molecule has 0 bridgehead atoms. The number of hydrogen-bond acceptors (Lipinski definition) is 2. The molecule has 0 radical (unpaired) electrons. The smallest absolute Gasteiger partial charge is 0.193 e. The Kier molecular flexibility index (Phi) is 4.50. The summed E-state index contributed by atoms with van der Waals surface area (Å²) in [6.07, 6.45) is 1.59. The molecule has 0 N–H and O–H groups in total. The quantitative estimate of drug-likeness (QED) is 0.605. The first-order valence-electron chi connectivity index (χ1n) is 3.03. The molecule has 0 aliphatic rings. The largest absolute Gasteiger partial charge is 0.287 e. The van der Waals surface area contributed by atoms with E-state index in [2.05, 4.69) is 6.58 Å². The Labute approximate surface area is 60.5 Å². The molecule has 0 aromatic rings. The Morgan fingerprint density at radius 1 is 1.67 bits per heavy atom. The van der Waals surface area contributed by atoms with Crippen molar-refractivity contribution >= 4 is 16.9 Å². The van der Waals surface area contributed by atoms with Crippen molar-refractivity contribution in [1.29, 1.82) is 0 Å². The molecular formula is C7H12OS. The van der Waals surface area contributed by atoms with Gasteiger partial charge >= 0.3 is 0 Å². The van der Waals surface area contributed by atoms with Gasteiger partial charge in [0.1, 0.15) is 0 Å². The van der Waals surface area contributed by atoms with Crippen molar-refractivity contribution < 1.29 is 4.79 Å². The zero-order valence-corrected chi connectivity index (χ0v) is 6.75. The van der Waals surface area contributed by atoms with E-state index >= 15 is 0 Å². The van der Waals surface area contributed by atoms with E-state index < -0.39 is 0 Å². The van der Waals surface area contributed by atoms with Crippen LogP contribution in [0.3, 0.4) is 0 Å². The predicted molar refractivity (Wildman–Crippen MR) is 42.3 cm³/mol. The van der Waals surface area contributed by atoms with Crippen LogP contribution in [0.25, 0.3) is 0 Å². The summed E-state index contributed by atoms with van der Waals surface area (Å²) < 4.78 is 0. The van der Waals surface area contributed by atoms with Crippen LogP contribution in [0, 0.1) is 0 Å². The summed E-state index contributed by atoms with van der Waals surface area (Å²) in [5, 5.41) is 0.227. The Morgan fingerprint density at radius 2 is 2.22 bits per heavy atom. The van der Waals surface area contributed by atoms with Crippen molar-refractivity contribution in [2.75, 3.05) is 0 Å². The average molecular weight is 144 g/mol. The molecular weight excluding hydrogens is 132 g/mol. The highest BCUT2D eigenvalue weighted by Crippen LogP contribution is 2.15. The van der Waals surface area contributed by atoms with Gasteiger partial charge in [0.25, 0.3) is 0 Å². The van der Waals surface area contributed by atoms with Crippen molar-refractivity contribution in [1.82, 2.24) is 0 Å². The maximum absolute atomic E-state index is 10.8. The second kappa shape index (κ2) is 4.62. The zero-order chi connectivity index (χ0) is 7.28. The molecule has 0 rings (SSSR count). The molecule has 9 heavy (non-hydrogen) atoms. The van der Waals surface area contributed by atoms with Gasteiger partial charge in [-0.25, -0.2) is 0 Å². The van der Waals surface area contributed by atoms with E-state index in [4.69, 9.17) is 0 Å². The molecule has 1 nitrogen and oxygen atoms in total. The molecule has 0 fully saturated rings. The normalized spacial score (nSPS) is 9.11. The lowest BCUT2D eigenvalue weighted by Crippen LogP contribution is -1.87. The minimum absolute atomic E-state index is 0.227. The highest BCUT2D eigenvalue weighted by molar-refractivity contribution is 8.16. The van der Waals surface area contributed by atoms with E-state index in [1.54, 1.807) is 0 Å². The van der Waals surface area contributed by atoms with Gasteiger partial charge < -0.3 is 0 Å². The van der Waals surface area contributed by atoms with Crippen LogP contribution in [0.1, 0.15) is 26.7 Å². The molecule has 0 spiro atoms. The number of rotatable bonds is 3. The van der Waals surface area contributed by atoms with Crippen LogP contribution < -0.4 is 0 Å². The topological polar surface area (TPSA) is 17.1 Å². The molecule has 0 aromatic carbocycles. The van der Waals surface area contributed by atoms with Crippen LogP contribution in [0.4, 0.5) is 0 Å². The van der Waals surface area contributed by atoms with Crippen molar-refractivity contribution in [3.63, 3.8) is 0 Å². The monoisotopic (exact) mass is 144 g/mol. The average Bonchev–Trinajstić information content (AvgIpc) is 1.63. The molecule has 0 aromatic heterocycles. The van der Waals surface area contributed by atoms with Gasteiger partial charge in [-0.15, -0.1) is 0 Å². The molecule has 0 aliphatic heterocycles. The van der Waals surface area contributed by atoms with Gasteiger partial charge in [0.15, 0.2) is 5.12 Å². The summed E-state index contributed by atoms with van der Waals surface area (Å²) in [6, 6.07) is 0. The minimum Gasteiger partial charge on any atom is -0.287 e. The lowest BCUT2D eigenvalue weighted by atomic mass is 10.4. The third-order valence-electron chi connectivity index (χ3n) is 0.742. The first-order valence-corrected chi connectivity index (χ1v) is 3.84. The first-order chi connectivity index (χ1) is 4.16. The van der Waals surface area contributed by atoms with E-state index in [0.29, 0.717) is 6.42 Å². The fourth-order valence-corrected chi connectivity index (χ4v) is 1.14. The summed E-state index contributed by atoms with van der Waals surface area (Å²) in [5.41, 5.74) is 0. The third-order valence-corrected chi connectivity index (χ3v) is 1.52. The molecule has 2 heteroatoms. The third kappa shape index (κ3) is 5.63.